The van der Waals surface area contributed by atoms with Crippen molar-refractivity contribution in [2.24, 2.45) is 11.3 Å². The Balaban J connectivity index is 1.30. The second kappa shape index (κ2) is 6.19. The summed E-state index contributed by atoms with van der Waals surface area (Å²) in [5.74, 6) is 0.453. The van der Waals surface area contributed by atoms with Crippen LogP contribution in [0.15, 0.2) is 36.5 Å². The van der Waals surface area contributed by atoms with Crippen LogP contribution in [0.2, 0.25) is 0 Å². The van der Waals surface area contributed by atoms with Crippen molar-refractivity contribution < 1.29 is 9.53 Å². The summed E-state index contributed by atoms with van der Waals surface area (Å²) in [6, 6.07) is 10.1. The molecular weight excluding hydrogens is 316 g/mol. The van der Waals surface area contributed by atoms with Crippen LogP contribution in [0.5, 0.6) is 0 Å². The van der Waals surface area contributed by atoms with E-state index in [1.165, 1.54) is 0 Å². The van der Waals surface area contributed by atoms with Crippen molar-refractivity contribution in [1.82, 2.24) is 20.8 Å². The fraction of sp³-hybridized carbons (Fsp3) is 0.474. The van der Waals surface area contributed by atoms with Crippen LogP contribution in [0, 0.1) is 11.3 Å². The lowest BCUT2D eigenvalue weighted by Crippen LogP contribution is -2.67. The molecule has 132 valence electrons. The summed E-state index contributed by atoms with van der Waals surface area (Å²) >= 11 is 0. The van der Waals surface area contributed by atoms with Crippen molar-refractivity contribution >= 4 is 6.03 Å². The second-order valence-corrected chi connectivity index (χ2v) is 7.54. The van der Waals surface area contributed by atoms with Gasteiger partial charge in [-0.25, -0.2) is 4.79 Å². The fourth-order valence-corrected chi connectivity index (χ4v) is 4.21. The van der Waals surface area contributed by atoms with E-state index in [2.05, 4.69) is 34.7 Å². The zero-order valence-electron chi connectivity index (χ0n) is 14.6. The molecule has 1 aromatic heterocycles. The first-order valence-corrected chi connectivity index (χ1v) is 8.80. The number of nitrogens with zero attached hydrogens (tertiary/aromatic N) is 1. The van der Waals surface area contributed by atoms with E-state index >= 15 is 0 Å². The summed E-state index contributed by atoms with van der Waals surface area (Å²) in [5.41, 5.74) is 3.13. The van der Waals surface area contributed by atoms with Crippen LogP contribution in [-0.4, -0.2) is 35.0 Å². The molecule has 3 N–H and O–H groups in total. The molecule has 2 aliphatic rings. The van der Waals surface area contributed by atoms with Crippen molar-refractivity contribution in [2.45, 2.75) is 39.0 Å². The van der Waals surface area contributed by atoms with E-state index in [1.807, 2.05) is 30.3 Å². The predicted molar refractivity (Wildman–Crippen MR) is 94.8 cm³/mol. The van der Waals surface area contributed by atoms with Crippen molar-refractivity contribution in [3.05, 3.63) is 42.1 Å². The normalized spacial score (nSPS) is 26.6. The largest absolute Gasteiger partial charge is 0.377 e. The maximum atomic E-state index is 12.3. The molecule has 4 rings (SSSR count). The third kappa shape index (κ3) is 2.91. The highest BCUT2D eigenvalue weighted by atomic mass is 16.5. The lowest BCUT2D eigenvalue weighted by molar-refractivity contribution is -0.108. The smallest absolute Gasteiger partial charge is 0.315 e. The van der Waals surface area contributed by atoms with Crippen LogP contribution in [-0.2, 0) is 11.3 Å². The third-order valence-corrected chi connectivity index (χ3v) is 5.61. The number of carbonyl (C=O) groups excluding carboxylic acids is 1. The second-order valence-electron chi connectivity index (χ2n) is 7.54. The number of H-pyrrole nitrogens is 1. The zero-order chi connectivity index (χ0) is 17.4. The minimum atomic E-state index is -0.110. The van der Waals surface area contributed by atoms with E-state index in [4.69, 9.17) is 4.74 Å². The SMILES string of the molecule is CC1(C)[C@H](NC(=O)NCc2ccc(-c3ccn[nH]3)cc2)[C@@H]2CCO[C@H]21. The number of hydrogen-bond acceptors (Lipinski definition) is 3. The Hall–Kier alpha value is -2.34. The Bertz CT molecular complexity index is 739. The topological polar surface area (TPSA) is 79.0 Å². The summed E-state index contributed by atoms with van der Waals surface area (Å²) in [4.78, 5) is 12.3. The monoisotopic (exact) mass is 340 g/mol. The van der Waals surface area contributed by atoms with Crippen molar-refractivity contribution in [1.29, 1.82) is 0 Å². The van der Waals surface area contributed by atoms with Crippen LogP contribution in [0.4, 0.5) is 4.79 Å². The first-order chi connectivity index (χ1) is 12.1. The van der Waals surface area contributed by atoms with Gasteiger partial charge in [-0.1, -0.05) is 38.1 Å². The molecule has 1 aliphatic heterocycles. The molecule has 25 heavy (non-hydrogen) atoms. The minimum absolute atomic E-state index is 0.00420. The minimum Gasteiger partial charge on any atom is -0.377 e. The molecule has 3 atom stereocenters. The van der Waals surface area contributed by atoms with Crippen molar-refractivity contribution in [2.75, 3.05) is 6.61 Å². The number of rotatable bonds is 4. The van der Waals surface area contributed by atoms with E-state index in [0.717, 1.165) is 29.8 Å². The van der Waals surface area contributed by atoms with Crippen LogP contribution in [0.3, 0.4) is 0 Å². The summed E-state index contributed by atoms with van der Waals surface area (Å²) in [6.45, 7) is 5.64. The Morgan fingerprint density at radius 1 is 1.32 bits per heavy atom. The quantitative estimate of drug-likeness (QED) is 0.801. The maximum Gasteiger partial charge on any atom is 0.315 e. The fourth-order valence-electron chi connectivity index (χ4n) is 4.21. The third-order valence-electron chi connectivity index (χ3n) is 5.61. The zero-order valence-corrected chi connectivity index (χ0v) is 14.6. The van der Waals surface area contributed by atoms with Gasteiger partial charge in [-0.15, -0.1) is 0 Å². The molecule has 6 heteroatoms. The first kappa shape index (κ1) is 16.1. The molecule has 6 nitrogen and oxygen atoms in total. The van der Waals surface area contributed by atoms with E-state index in [9.17, 15) is 4.79 Å². The Kier molecular flexibility index (Phi) is 4.00. The molecule has 1 saturated heterocycles. The van der Waals surface area contributed by atoms with Gasteiger partial charge in [-0.05, 0) is 23.6 Å². The molecule has 1 aromatic carbocycles. The van der Waals surface area contributed by atoms with Gasteiger partial charge in [-0.2, -0.15) is 5.10 Å². The van der Waals surface area contributed by atoms with Gasteiger partial charge < -0.3 is 15.4 Å². The molecule has 1 aliphatic carbocycles. The number of urea groups is 1. The van der Waals surface area contributed by atoms with Crippen LogP contribution in [0.1, 0.15) is 25.8 Å². The summed E-state index contributed by atoms with van der Waals surface area (Å²) in [7, 11) is 0. The number of aromatic nitrogens is 2. The molecule has 0 bridgehead atoms. The lowest BCUT2D eigenvalue weighted by atomic mass is 9.57. The Morgan fingerprint density at radius 2 is 2.12 bits per heavy atom. The summed E-state index contributed by atoms with van der Waals surface area (Å²) in [5, 5.41) is 13.0. The first-order valence-electron chi connectivity index (χ1n) is 8.80. The van der Waals surface area contributed by atoms with Gasteiger partial charge in [0.25, 0.3) is 0 Å². The van der Waals surface area contributed by atoms with Crippen molar-refractivity contribution in [3.8, 4) is 11.3 Å². The molecule has 2 amide bonds. The van der Waals surface area contributed by atoms with Gasteiger partial charge in [-0.3, -0.25) is 5.10 Å². The van der Waals surface area contributed by atoms with E-state index < -0.39 is 0 Å². The molecule has 2 heterocycles. The lowest BCUT2D eigenvalue weighted by Gasteiger charge is -2.54. The van der Waals surface area contributed by atoms with Gasteiger partial charge in [0.1, 0.15) is 0 Å². The average Bonchev–Trinajstić information content (AvgIpc) is 3.29. The molecule has 0 spiro atoms. The number of ether oxygens (including phenoxy) is 1. The Morgan fingerprint density at radius 3 is 2.84 bits per heavy atom. The molecule has 0 unspecified atom stereocenters. The number of aromatic amines is 1. The molecule has 0 radical (unpaired) electrons. The number of benzene rings is 1. The van der Waals surface area contributed by atoms with Gasteiger partial charge in [0.15, 0.2) is 0 Å². The van der Waals surface area contributed by atoms with E-state index in [1.54, 1.807) is 6.20 Å². The maximum absolute atomic E-state index is 12.3. The van der Waals surface area contributed by atoms with Gasteiger partial charge >= 0.3 is 6.03 Å². The van der Waals surface area contributed by atoms with Gasteiger partial charge in [0.2, 0.25) is 0 Å². The van der Waals surface area contributed by atoms with Gasteiger partial charge in [0.05, 0.1) is 11.8 Å². The van der Waals surface area contributed by atoms with E-state index in [0.29, 0.717) is 12.5 Å². The number of nitrogens with one attached hydrogen (secondary N) is 3. The highest BCUT2D eigenvalue weighted by Crippen LogP contribution is 2.52. The average molecular weight is 340 g/mol. The molecule has 2 fully saturated rings. The molecule has 1 saturated carbocycles. The number of hydrogen-bond donors (Lipinski definition) is 3. The van der Waals surface area contributed by atoms with Gasteiger partial charge in [0, 0.05) is 36.7 Å². The highest BCUT2D eigenvalue weighted by molar-refractivity contribution is 5.74. The number of fused-ring (bicyclic) bond motifs is 1. The predicted octanol–water partition coefficient (Wildman–Crippen LogP) is 2.69. The molecular formula is C19H24N4O2. The standard InChI is InChI=1S/C19H24N4O2/c1-19(2)16(14-8-10-25-17(14)19)22-18(24)20-11-12-3-5-13(6-4-12)15-7-9-21-23-15/h3-7,9,14,16-17H,8,10-11H2,1-2H3,(H,21,23)(H2,20,22,24)/t14-,16+,17+/m0/s1. The van der Waals surface area contributed by atoms with Crippen molar-refractivity contribution in [3.63, 3.8) is 0 Å². The van der Waals surface area contributed by atoms with E-state index in [-0.39, 0.29) is 23.6 Å². The van der Waals surface area contributed by atoms with Crippen LogP contribution in [0.25, 0.3) is 11.3 Å². The summed E-state index contributed by atoms with van der Waals surface area (Å²) < 4.78 is 5.77. The molecule has 2 aromatic rings. The van der Waals surface area contributed by atoms with Crippen LogP contribution >= 0.6 is 0 Å². The number of carbonyl (C=O) groups is 1. The number of amides is 2. The van der Waals surface area contributed by atoms with Crippen LogP contribution < -0.4 is 10.6 Å². The highest BCUT2D eigenvalue weighted by Gasteiger charge is 2.59. The summed E-state index contributed by atoms with van der Waals surface area (Å²) in [6.07, 6.45) is 3.05. The Labute approximate surface area is 147 Å².